The van der Waals surface area contributed by atoms with Crippen molar-refractivity contribution in [3.8, 4) is 0 Å². The van der Waals surface area contributed by atoms with Gasteiger partial charge in [0.2, 0.25) is 5.91 Å². The Hall–Kier alpha value is -1.43. The van der Waals surface area contributed by atoms with Crippen molar-refractivity contribution in [2.75, 3.05) is 19.7 Å². The standard InChI is InChI=1S/C18H26N2O3/c21-15(13-23-12-14-6-2-1-3-7-14)10-20-11-18(22)19-16-8-4-5-9-17(16)20/h1-3,6-7,15-17,21H,4-5,8-13H2,(H,19,22). The van der Waals surface area contributed by atoms with Crippen molar-refractivity contribution in [2.24, 2.45) is 0 Å². The molecule has 3 atom stereocenters. The molecule has 0 spiro atoms. The molecule has 1 amide bonds. The van der Waals surface area contributed by atoms with Crippen LogP contribution in [0.15, 0.2) is 30.3 Å². The molecule has 0 bridgehead atoms. The highest BCUT2D eigenvalue weighted by atomic mass is 16.5. The Bertz CT molecular complexity index is 508. The van der Waals surface area contributed by atoms with Crippen LogP contribution < -0.4 is 5.32 Å². The first kappa shape index (κ1) is 16.4. The summed E-state index contributed by atoms with van der Waals surface area (Å²) >= 11 is 0. The summed E-state index contributed by atoms with van der Waals surface area (Å²) in [4.78, 5) is 14.0. The molecular formula is C18H26N2O3. The van der Waals surface area contributed by atoms with Crippen LogP contribution in [0.25, 0.3) is 0 Å². The molecule has 0 radical (unpaired) electrons. The topological polar surface area (TPSA) is 61.8 Å². The monoisotopic (exact) mass is 318 g/mol. The van der Waals surface area contributed by atoms with Gasteiger partial charge in [0.1, 0.15) is 0 Å². The lowest BCUT2D eigenvalue weighted by Gasteiger charge is -2.44. The first-order valence-corrected chi connectivity index (χ1v) is 8.55. The Labute approximate surface area is 137 Å². The molecule has 2 fully saturated rings. The van der Waals surface area contributed by atoms with Gasteiger partial charge in [-0.1, -0.05) is 43.2 Å². The van der Waals surface area contributed by atoms with Crippen LogP contribution in [0.5, 0.6) is 0 Å². The molecule has 3 unspecified atom stereocenters. The average Bonchev–Trinajstić information content (AvgIpc) is 2.55. The summed E-state index contributed by atoms with van der Waals surface area (Å²) in [7, 11) is 0. The Balaban J connectivity index is 1.46. The molecule has 2 aliphatic rings. The van der Waals surface area contributed by atoms with Gasteiger partial charge in [0.05, 0.1) is 25.9 Å². The third-order valence-corrected chi connectivity index (χ3v) is 4.76. The third kappa shape index (κ3) is 4.53. The van der Waals surface area contributed by atoms with Crippen LogP contribution in [0.1, 0.15) is 31.2 Å². The summed E-state index contributed by atoms with van der Waals surface area (Å²) in [6.45, 7) is 1.69. The van der Waals surface area contributed by atoms with Crippen LogP contribution >= 0.6 is 0 Å². The van der Waals surface area contributed by atoms with Crippen molar-refractivity contribution in [3.63, 3.8) is 0 Å². The van der Waals surface area contributed by atoms with E-state index in [2.05, 4.69) is 10.2 Å². The fraction of sp³-hybridized carbons (Fsp3) is 0.611. The number of aliphatic hydroxyl groups is 1. The average molecular weight is 318 g/mol. The first-order valence-electron chi connectivity index (χ1n) is 8.55. The van der Waals surface area contributed by atoms with E-state index in [1.54, 1.807) is 0 Å². The number of nitrogens with one attached hydrogen (secondary N) is 1. The van der Waals surface area contributed by atoms with Gasteiger partial charge in [-0.25, -0.2) is 0 Å². The molecule has 1 aliphatic carbocycles. The third-order valence-electron chi connectivity index (χ3n) is 4.76. The van der Waals surface area contributed by atoms with E-state index in [4.69, 9.17) is 4.74 Å². The molecule has 1 aromatic carbocycles. The van der Waals surface area contributed by atoms with E-state index in [-0.39, 0.29) is 11.9 Å². The number of rotatable bonds is 6. The molecule has 1 saturated heterocycles. The predicted octanol–water partition coefficient (Wildman–Crippen LogP) is 1.31. The molecule has 2 N–H and O–H groups in total. The minimum Gasteiger partial charge on any atom is -0.389 e. The van der Waals surface area contributed by atoms with Gasteiger partial charge in [-0.05, 0) is 18.4 Å². The van der Waals surface area contributed by atoms with Crippen molar-refractivity contribution < 1.29 is 14.6 Å². The number of aliphatic hydroxyl groups excluding tert-OH is 1. The number of hydrogen-bond donors (Lipinski definition) is 2. The van der Waals surface area contributed by atoms with Crippen LogP contribution in [0.3, 0.4) is 0 Å². The maximum atomic E-state index is 11.8. The van der Waals surface area contributed by atoms with Gasteiger partial charge in [0, 0.05) is 18.6 Å². The maximum Gasteiger partial charge on any atom is 0.234 e. The zero-order valence-electron chi connectivity index (χ0n) is 13.5. The summed E-state index contributed by atoms with van der Waals surface area (Å²) in [5, 5.41) is 13.4. The van der Waals surface area contributed by atoms with Crippen LogP contribution in [0, 0.1) is 0 Å². The van der Waals surface area contributed by atoms with E-state index in [1.165, 1.54) is 12.8 Å². The van der Waals surface area contributed by atoms with Gasteiger partial charge >= 0.3 is 0 Å². The van der Waals surface area contributed by atoms with Crippen molar-refractivity contribution in [1.82, 2.24) is 10.2 Å². The lowest BCUT2D eigenvalue weighted by Crippen LogP contribution is -2.62. The highest BCUT2D eigenvalue weighted by molar-refractivity contribution is 5.79. The molecule has 5 nitrogen and oxygen atoms in total. The number of β-amino-alcohol motifs (C(OH)–C–C–N with tert-alkyl or cyclic N) is 1. The Kier molecular flexibility index (Phi) is 5.65. The van der Waals surface area contributed by atoms with Crippen LogP contribution in [0.2, 0.25) is 0 Å². The number of benzene rings is 1. The molecular weight excluding hydrogens is 292 g/mol. The quantitative estimate of drug-likeness (QED) is 0.830. The normalized spacial score (nSPS) is 26.4. The molecule has 0 aromatic heterocycles. The van der Waals surface area contributed by atoms with E-state index >= 15 is 0 Å². The second-order valence-electron chi connectivity index (χ2n) is 6.61. The SMILES string of the molecule is O=C1CN(CC(O)COCc2ccccc2)C2CCCCC2N1. The Morgan fingerprint density at radius 1 is 1.26 bits per heavy atom. The number of piperazine rings is 1. The Morgan fingerprint density at radius 3 is 2.87 bits per heavy atom. The zero-order chi connectivity index (χ0) is 16.1. The number of carbonyl (C=O) groups excluding carboxylic acids is 1. The first-order chi connectivity index (χ1) is 11.2. The summed E-state index contributed by atoms with van der Waals surface area (Å²) < 4.78 is 5.61. The van der Waals surface area contributed by atoms with Crippen LogP contribution in [-0.2, 0) is 16.1 Å². The van der Waals surface area contributed by atoms with Crippen molar-refractivity contribution >= 4 is 5.91 Å². The number of hydrogen-bond acceptors (Lipinski definition) is 4. The summed E-state index contributed by atoms with van der Waals surface area (Å²) in [5.41, 5.74) is 1.10. The number of carbonyl (C=O) groups is 1. The molecule has 1 aliphatic heterocycles. The minimum absolute atomic E-state index is 0.0746. The van der Waals surface area contributed by atoms with Gasteiger partial charge in [0.25, 0.3) is 0 Å². The van der Waals surface area contributed by atoms with Crippen molar-refractivity contribution in [1.29, 1.82) is 0 Å². The van der Waals surface area contributed by atoms with Gasteiger partial charge in [-0.3, -0.25) is 9.69 Å². The molecule has 1 saturated carbocycles. The number of ether oxygens (including phenoxy) is 1. The maximum absolute atomic E-state index is 11.8. The predicted molar refractivity (Wildman–Crippen MR) is 87.9 cm³/mol. The largest absolute Gasteiger partial charge is 0.389 e. The Morgan fingerprint density at radius 2 is 2.04 bits per heavy atom. The van der Waals surface area contributed by atoms with E-state index < -0.39 is 6.10 Å². The fourth-order valence-corrected chi connectivity index (χ4v) is 3.68. The van der Waals surface area contributed by atoms with E-state index in [1.807, 2.05) is 30.3 Å². The summed E-state index contributed by atoms with van der Waals surface area (Å²) in [5.74, 6) is 0.0746. The van der Waals surface area contributed by atoms with Gasteiger partial charge in [0.15, 0.2) is 0 Å². The second kappa shape index (κ2) is 7.90. The highest BCUT2D eigenvalue weighted by Crippen LogP contribution is 2.25. The highest BCUT2D eigenvalue weighted by Gasteiger charge is 2.36. The van der Waals surface area contributed by atoms with Gasteiger partial charge < -0.3 is 15.2 Å². The summed E-state index contributed by atoms with van der Waals surface area (Å²) in [6, 6.07) is 10.6. The minimum atomic E-state index is -0.563. The zero-order valence-corrected chi connectivity index (χ0v) is 13.5. The van der Waals surface area contributed by atoms with E-state index in [0.717, 1.165) is 18.4 Å². The molecule has 126 valence electrons. The van der Waals surface area contributed by atoms with Crippen LogP contribution in [-0.4, -0.2) is 53.8 Å². The van der Waals surface area contributed by atoms with Gasteiger partial charge in [-0.2, -0.15) is 0 Å². The molecule has 5 heteroatoms. The number of amides is 1. The molecule has 1 aromatic rings. The van der Waals surface area contributed by atoms with Gasteiger partial charge in [-0.15, -0.1) is 0 Å². The number of nitrogens with zero attached hydrogens (tertiary/aromatic N) is 1. The van der Waals surface area contributed by atoms with Crippen molar-refractivity contribution in [2.45, 2.75) is 50.5 Å². The smallest absolute Gasteiger partial charge is 0.234 e. The fourth-order valence-electron chi connectivity index (χ4n) is 3.68. The lowest BCUT2D eigenvalue weighted by atomic mass is 9.87. The number of fused-ring (bicyclic) bond motifs is 1. The van der Waals surface area contributed by atoms with E-state index in [0.29, 0.717) is 32.3 Å². The van der Waals surface area contributed by atoms with Crippen LogP contribution in [0.4, 0.5) is 0 Å². The van der Waals surface area contributed by atoms with E-state index in [9.17, 15) is 9.90 Å². The summed E-state index contributed by atoms with van der Waals surface area (Å²) in [6.07, 6.45) is 3.97. The molecule has 23 heavy (non-hydrogen) atoms. The lowest BCUT2D eigenvalue weighted by molar-refractivity contribution is -0.129. The second-order valence-corrected chi connectivity index (χ2v) is 6.61. The van der Waals surface area contributed by atoms with Crippen molar-refractivity contribution in [3.05, 3.63) is 35.9 Å². The molecule has 1 heterocycles. The molecule has 3 rings (SSSR count).